The van der Waals surface area contributed by atoms with E-state index in [1.807, 2.05) is 6.07 Å². The van der Waals surface area contributed by atoms with Crippen molar-refractivity contribution >= 4 is 50.9 Å². The average molecular weight is 543 g/mol. The number of ether oxygens (including phenoxy) is 1. The third kappa shape index (κ3) is 5.25. The third-order valence-corrected chi connectivity index (χ3v) is 6.98. The zero-order chi connectivity index (χ0) is 28.1. The fourth-order valence-corrected chi connectivity index (χ4v) is 5.23. The molecule has 1 aliphatic carbocycles. The molecule has 1 amide bonds. The Bertz CT molecular complexity index is 1600. The number of thiophene rings is 1. The molecule has 2 N–H and O–H groups in total. The molecule has 1 aliphatic rings. The number of amides is 1. The second-order valence-electron chi connectivity index (χ2n) is 8.34. The molecule has 12 heteroatoms. The Labute approximate surface area is 227 Å². The number of carbonyl (C=O) groups excluding carboxylic acids is 3. The number of nitrogens with one attached hydrogen (secondary N) is 1. The van der Waals surface area contributed by atoms with E-state index in [4.69, 9.17) is 10.00 Å². The Balaban J connectivity index is 1.80. The van der Waals surface area contributed by atoms with Gasteiger partial charge in [-0.25, -0.2) is 0 Å². The lowest BCUT2D eigenvalue weighted by Gasteiger charge is -2.26. The molecule has 39 heavy (non-hydrogen) atoms. The van der Waals surface area contributed by atoms with Gasteiger partial charge in [-0.2, -0.15) is 10.5 Å². The van der Waals surface area contributed by atoms with Crippen molar-refractivity contribution < 1.29 is 24.2 Å². The van der Waals surface area contributed by atoms with Crippen LogP contribution in [0.3, 0.4) is 0 Å². The van der Waals surface area contributed by atoms with Crippen LogP contribution in [-0.4, -0.2) is 49.4 Å². The van der Waals surface area contributed by atoms with E-state index >= 15 is 0 Å². The molecule has 3 aromatic rings. The smallest absolute Gasteiger partial charge is 0.221 e. The fraction of sp³-hybridized carbons (Fsp3) is 0.222. The number of hydrogen-bond acceptors (Lipinski definition) is 11. The number of rotatable bonds is 9. The largest absolute Gasteiger partial charge is 0.494 e. The average Bonchev–Trinajstić information content (AvgIpc) is 3.31. The summed E-state index contributed by atoms with van der Waals surface area (Å²) < 4.78 is 5.52. The van der Waals surface area contributed by atoms with Crippen LogP contribution in [0.15, 0.2) is 46.6 Å². The van der Waals surface area contributed by atoms with Crippen LogP contribution in [0.5, 0.6) is 5.75 Å². The Morgan fingerprint density at radius 3 is 2.46 bits per heavy atom. The molecule has 1 heterocycles. The Morgan fingerprint density at radius 2 is 1.85 bits per heavy atom. The van der Waals surface area contributed by atoms with Crippen molar-refractivity contribution in [3.8, 4) is 17.9 Å². The van der Waals surface area contributed by atoms with Gasteiger partial charge in [-0.05, 0) is 6.07 Å². The highest BCUT2D eigenvalue weighted by Gasteiger charge is 2.35. The van der Waals surface area contributed by atoms with Crippen molar-refractivity contribution in [3.05, 3.63) is 63.5 Å². The van der Waals surface area contributed by atoms with Crippen molar-refractivity contribution in [1.82, 2.24) is 0 Å². The van der Waals surface area contributed by atoms with Crippen molar-refractivity contribution in [2.45, 2.75) is 13.3 Å². The molecule has 0 bridgehead atoms. The van der Waals surface area contributed by atoms with Gasteiger partial charge in [0.25, 0.3) is 0 Å². The van der Waals surface area contributed by atoms with Crippen LogP contribution in [-0.2, 0) is 4.79 Å². The van der Waals surface area contributed by atoms with Crippen LogP contribution in [0, 0.1) is 22.7 Å². The number of nitrogens with zero attached hydrogens (tertiary/aromatic N) is 5. The monoisotopic (exact) mass is 542 g/mol. The number of ketones is 2. The van der Waals surface area contributed by atoms with Crippen LogP contribution in [0.4, 0.5) is 22.1 Å². The zero-order valence-electron chi connectivity index (χ0n) is 21.0. The van der Waals surface area contributed by atoms with Gasteiger partial charge in [0.1, 0.15) is 23.1 Å². The number of carbonyl (C=O) groups is 3. The first kappa shape index (κ1) is 27.1. The summed E-state index contributed by atoms with van der Waals surface area (Å²) in [6.07, 6.45) is 0.196. The van der Waals surface area contributed by atoms with Crippen LogP contribution >= 0.6 is 11.3 Å². The summed E-state index contributed by atoms with van der Waals surface area (Å²) in [6.45, 7) is 1.68. The lowest BCUT2D eigenvalue weighted by molar-refractivity contribution is -0.114. The molecule has 0 atom stereocenters. The van der Waals surface area contributed by atoms with Crippen LogP contribution in [0.1, 0.15) is 50.1 Å². The number of methoxy groups -OCH3 is 1. The summed E-state index contributed by atoms with van der Waals surface area (Å²) in [5, 5.41) is 39.6. The summed E-state index contributed by atoms with van der Waals surface area (Å²) >= 11 is 0.896. The predicted octanol–water partition coefficient (Wildman–Crippen LogP) is 4.49. The van der Waals surface area contributed by atoms with E-state index in [0.717, 1.165) is 11.3 Å². The maximum atomic E-state index is 13.1. The standard InChI is InChI=1S/C27H22N6O5S/c1-15(35)30-19-12-21(33(10-11-34)9-5-8-28)22(38-2)13-20(19)31-32-27-18(14-29)23-24(36)16-6-3-4-7-17(16)25(37)26(23)39-27/h3-4,6-7,12-13,34H,5,9-11H2,1-2H3,(H,30,35). The van der Waals surface area contributed by atoms with Gasteiger partial charge < -0.3 is 20.1 Å². The Kier molecular flexibility index (Phi) is 8.10. The number of azo groups is 1. The normalized spacial score (nSPS) is 11.9. The molecule has 0 saturated carbocycles. The number of aliphatic hydroxyl groups is 1. The molecule has 0 spiro atoms. The molecule has 0 radical (unpaired) electrons. The molecule has 0 fully saturated rings. The number of hydrogen-bond donors (Lipinski definition) is 2. The number of anilines is 2. The molecule has 2 aromatic carbocycles. The molecular weight excluding hydrogens is 520 g/mol. The van der Waals surface area contributed by atoms with E-state index < -0.39 is 5.78 Å². The molecule has 1 aromatic heterocycles. The second kappa shape index (κ2) is 11.6. The van der Waals surface area contributed by atoms with Gasteiger partial charge >= 0.3 is 0 Å². The number of fused-ring (bicyclic) bond motifs is 2. The van der Waals surface area contributed by atoms with Crippen LogP contribution < -0.4 is 15.0 Å². The van der Waals surface area contributed by atoms with Crippen molar-refractivity contribution in [2.75, 3.05) is 37.0 Å². The quantitative estimate of drug-likeness (QED) is 0.292. The topological polar surface area (TPSA) is 168 Å². The van der Waals surface area contributed by atoms with E-state index in [1.54, 1.807) is 35.2 Å². The fourth-order valence-electron chi connectivity index (χ4n) is 4.20. The summed E-state index contributed by atoms with van der Waals surface area (Å²) in [5.41, 5.74) is 1.41. The van der Waals surface area contributed by atoms with Gasteiger partial charge in [0, 0.05) is 37.2 Å². The summed E-state index contributed by atoms with van der Waals surface area (Å²) in [4.78, 5) is 40.0. The Hall–Kier alpha value is -4.91. The summed E-state index contributed by atoms with van der Waals surface area (Å²) in [7, 11) is 1.44. The van der Waals surface area contributed by atoms with Gasteiger partial charge in [0.05, 0.1) is 48.0 Å². The minimum Gasteiger partial charge on any atom is -0.494 e. The first-order chi connectivity index (χ1) is 18.8. The summed E-state index contributed by atoms with van der Waals surface area (Å²) in [6, 6.07) is 13.6. The van der Waals surface area contributed by atoms with Gasteiger partial charge in [0.15, 0.2) is 10.8 Å². The number of aliphatic hydroxyl groups excluding tert-OH is 1. The van der Waals surface area contributed by atoms with E-state index in [2.05, 4.69) is 21.6 Å². The highest BCUT2D eigenvalue weighted by atomic mass is 32.1. The molecule has 0 unspecified atom stereocenters. The SMILES string of the molecule is COc1cc(N=Nc2sc3c(c2C#N)C(=O)c2ccccc2C3=O)c(NC(C)=O)cc1N(CCO)CCC#N. The molecule has 0 aliphatic heterocycles. The zero-order valence-corrected chi connectivity index (χ0v) is 21.8. The number of nitriles is 2. The van der Waals surface area contributed by atoms with E-state index in [1.165, 1.54) is 20.1 Å². The van der Waals surface area contributed by atoms with Gasteiger partial charge in [0.2, 0.25) is 11.7 Å². The van der Waals surface area contributed by atoms with E-state index in [0.29, 0.717) is 18.0 Å². The van der Waals surface area contributed by atoms with E-state index in [9.17, 15) is 24.8 Å². The van der Waals surface area contributed by atoms with Crippen molar-refractivity contribution in [2.24, 2.45) is 10.2 Å². The molecular formula is C27H22N6O5S. The number of benzene rings is 2. The van der Waals surface area contributed by atoms with Gasteiger partial charge in [-0.1, -0.05) is 24.3 Å². The lowest BCUT2D eigenvalue weighted by atomic mass is 9.87. The third-order valence-electron chi connectivity index (χ3n) is 5.91. The highest BCUT2D eigenvalue weighted by Crippen LogP contribution is 2.43. The second-order valence-corrected chi connectivity index (χ2v) is 9.34. The van der Waals surface area contributed by atoms with Gasteiger partial charge in [-0.3, -0.25) is 14.4 Å². The van der Waals surface area contributed by atoms with Crippen molar-refractivity contribution in [1.29, 1.82) is 10.5 Å². The Morgan fingerprint density at radius 1 is 1.13 bits per heavy atom. The molecule has 0 saturated heterocycles. The van der Waals surface area contributed by atoms with Crippen LogP contribution in [0.25, 0.3) is 0 Å². The van der Waals surface area contributed by atoms with Crippen molar-refractivity contribution in [3.63, 3.8) is 0 Å². The van der Waals surface area contributed by atoms with Gasteiger partial charge in [-0.15, -0.1) is 21.6 Å². The minimum atomic E-state index is -0.430. The maximum absolute atomic E-state index is 13.1. The minimum absolute atomic E-state index is 0.00676. The lowest BCUT2D eigenvalue weighted by Crippen LogP contribution is -2.28. The maximum Gasteiger partial charge on any atom is 0.221 e. The van der Waals surface area contributed by atoms with Crippen LogP contribution in [0.2, 0.25) is 0 Å². The molecule has 196 valence electrons. The van der Waals surface area contributed by atoms with E-state index in [-0.39, 0.29) is 74.8 Å². The molecule has 11 nitrogen and oxygen atoms in total. The summed E-state index contributed by atoms with van der Waals surface area (Å²) in [5.74, 6) is -0.835. The predicted molar refractivity (Wildman–Crippen MR) is 143 cm³/mol. The first-order valence-electron chi connectivity index (χ1n) is 11.7. The highest BCUT2D eigenvalue weighted by molar-refractivity contribution is 7.18. The first-order valence-corrected chi connectivity index (χ1v) is 12.6. The molecule has 4 rings (SSSR count).